The van der Waals surface area contributed by atoms with Gasteiger partial charge < -0.3 is 14.1 Å². The first kappa shape index (κ1) is 33.8. The van der Waals surface area contributed by atoms with Crippen LogP contribution in [0.25, 0.3) is 54.9 Å². The number of hydrogen-bond acceptors (Lipinski definition) is 3. The van der Waals surface area contributed by atoms with Crippen LogP contribution in [0, 0.1) is 5.92 Å². The van der Waals surface area contributed by atoms with Crippen LogP contribution in [0.1, 0.15) is 54.3 Å². The Bertz CT molecular complexity index is 3260. The zero-order valence-corrected chi connectivity index (χ0v) is 33.7. The van der Waals surface area contributed by atoms with E-state index < -0.39 is 11.0 Å². The fourth-order valence-electron chi connectivity index (χ4n) is 12.0. The van der Waals surface area contributed by atoms with Gasteiger partial charge in [-0.25, -0.2) is 0 Å². The van der Waals surface area contributed by atoms with Crippen LogP contribution in [0.5, 0.6) is 0 Å². The molecule has 2 aliphatic carbocycles. The van der Waals surface area contributed by atoms with Gasteiger partial charge in [-0.15, -0.1) is 0 Å². The maximum Gasteiger partial charge on any atom is 0.170 e. The van der Waals surface area contributed by atoms with Crippen molar-refractivity contribution >= 4 is 38.6 Å². The number of furan rings is 1. The molecule has 0 saturated carbocycles. The van der Waals surface area contributed by atoms with Crippen LogP contribution < -0.4 is 4.90 Å². The zero-order valence-electron chi connectivity index (χ0n) is 33.7. The normalized spacial score (nSPS) is 21.1. The maximum absolute atomic E-state index is 6.62. The highest BCUT2D eigenvalue weighted by molar-refractivity contribution is 6.23. The molecule has 0 amide bonds. The summed E-state index contributed by atoms with van der Waals surface area (Å²) in [5, 5.41) is 4.87. The Morgan fingerprint density at radius 2 is 1.13 bits per heavy atom. The van der Waals surface area contributed by atoms with E-state index in [1.54, 1.807) is 0 Å². The van der Waals surface area contributed by atoms with Gasteiger partial charge >= 0.3 is 0 Å². The molecule has 60 heavy (non-hydrogen) atoms. The molecule has 286 valence electrons. The van der Waals surface area contributed by atoms with Crippen LogP contribution in [-0.2, 0) is 21.2 Å². The lowest BCUT2D eigenvalue weighted by molar-refractivity contribution is 0.00490. The molecular weight excluding hydrogens is 731 g/mol. The van der Waals surface area contributed by atoms with E-state index in [0.717, 1.165) is 5.76 Å². The highest BCUT2D eigenvalue weighted by Gasteiger charge is 2.66. The first-order chi connectivity index (χ1) is 29.4. The summed E-state index contributed by atoms with van der Waals surface area (Å²) in [5.74, 6) is 0.878. The van der Waals surface area contributed by atoms with Gasteiger partial charge in [0.15, 0.2) is 11.4 Å². The van der Waals surface area contributed by atoms with Gasteiger partial charge in [0.25, 0.3) is 0 Å². The molecule has 9 aromatic rings. The van der Waals surface area contributed by atoms with Crippen LogP contribution in [0.3, 0.4) is 0 Å². The van der Waals surface area contributed by atoms with Crippen LogP contribution in [0.15, 0.2) is 193 Å². The SMILES string of the molecule is CC1(C)c2ccccc2-c2cc3c(cc21)N(c1c2ccccc2c(-c2cccc(-c4ccccc4)c2)c2ccccc12)c1ccccc1C31c2ccoc2C2(C)OC=CC21. The summed E-state index contributed by atoms with van der Waals surface area (Å²) in [5.41, 5.74) is 16.0. The number of ether oxygens (including phenoxy) is 1. The maximum atomic E-state index is 6.62. The van der Waals surface area contributed by atoms with Crippen LogP contribution in [-0.4, -0.2) is 0 Å². The summed E-state index contributed by atoms with van der Waals surface area (Å²) in [7, 11) is 0. The van der Waals surface area contributed by atoms with E-state index in [2.05, 4.69) is 202 Å². The Hall–Kier alpha value is -7.10. The Balaban J connectivity index is 1.16. The van der Waals surface area contributed by atoms with Gasteiger partial charge in [0.1, 0.15) is 0 Å². The Kier molecular flexibility index (Phi) is 6.63. The number of nitrogens with zero attached hydrogens (tertiary/aromatic N) is 1. The van der Waals surface area contributed by atoms with Gasteiger partial charge in [0, 0.05) is 27.7 Å². The molecule has 0 fully saturated rings. The second-order valence-electron chi connectivity index (χ2n) is 17.7. The highest BCUT2D eigenvalue weighted by atomic mass is 16.5. The average Bonchev–Trinajstić information content (AvgIpc) is 4.04. The summed E-state index contributed by atoms with van der Waals surface area (Å²) in [4.78, 5) is 2.61. The quantitative estimate of drug-likeness (QED) is 0.167. The lowest BCUT2D eigenvalue weighted by atomic mass is 9.60. The molecule has 3 unspecified atom stereocenters. The van der Waals surface area contributed by atoms with E-state index >= 15 is 0 Å². The van der Waals surface area contributed by atoms with E-state index in [9.17, 15) is 0 Å². The van der Waals surface area contributed by atoms with Gasteiger partial charge in [-0.1, -0.05) is 153 Å². The van der Waals surface area contributed by atoms with Crippen molar-refractivity contribution in [2.24, 2.45) is 5.92 Å². The van der Waals surface area contributed by atoms with Crippen molar-refractivity contribution in [1.29, 1.82) is 0 Å². The number of rotatable bonds is 3. The van der Waals surface area contributed by atoms with Gasteiger partial charge in [0.2, 0.25) is 0 Å². The molecule has 3 heterocycles. The molecule has 0 bridgehead atoms. The first-order valence-electron chi connectivity index (χ1n) is 21.1. The smallest absolute Gasteiger partial charge is 0.170 e. The van der Waals surface area contributed by atoms with E-state index in [1.807, 2.05) is 12.5 Å². The molecule has 1 aromatic heterocycles. The molecule has 3 nitrogen and oxygen atoms in total. The summed E-state index contributed by atoms with van der Waals surface area (Å²) in [6, 6.07) is 63.2. The van der Waals surface area contributed by atoms with Crippen LogP contribution in [0.2, 0.25) is 0 Å². The monoisotopic (exact) mass is 771 g/mol. The van der Waals surface area contributed by atoms with Crippen molar-refractivity contribution in [2.75, 3.05) is 4.90 Å². The number of benzene rings is 8. The lowest BCUT2D eigenvalue weighted by Crippen LogP contribution is -2.43. The third-order valence-electron chi connectivity index (χ3n) is 14.5. The van der Waals surface area contributed by atoms with Crippen molar-refractivity contribution < 1.29 is 9.15 Å². The van der Waals surface area contributed by atoms with Crippen molar-refractivity contribution in [2.45, 2.75) is 37.2 Å². The molecule has 13 rings (SSSR count). The van der Waals surface area contributed by atoms with E-state index in [0.29, 0.717) is 0 Å². The minimum atomic E-state index is -0.656. The Morgan fingerprint density at radius 1 is 0.483 bits per heavy atom. The molecule has 8 aromatic carbocycles. The molecular formula is C57H41NO2. The average molecular weight is 772 g/mol. The largest absolute Gasteiger partial charge is 0.487 e. The third kappa shape index (κ3) is 4.10. The minimum Gasteiger partial charge on any atom is -0.487 e. The zero-order chi connectivity index (χ0) is 40.0. The molecule has 0 N–H and O–H groups in total. The van der Waals surface area contributed by atoms with Crippen molar-refractivity contribution in [3.05, 3.63) is 222 Å². The van der Waals surface area contributed by atoms with E-state index in [1.165, 1.54) is 99.8 Å². The second-order valence-corrected chi connectivity index (χ2v) is 17.7. The van der Waals surface area contributed by atoms with Gasteiger partial charge in [-0.2, -0.15) is 0 Å². The fraction of sp³-hybridized carbons (Fsp3) is 0.123. The van der Waals surface area contributed by atoms with E-state index in [-0.39, 0.29) is 11.3 Å². The summed E-state index contributed by atoms with van der Waals surface area (Å²) < 4.78 is 13.1. The molecule has 3 atom stereocenters. The fourth-order valence-corrected chi connectivity index (χ4v) is 12.0. The van der Waals surface area contributed by atoms with Gasteiger partial charge in [0.05, 0.1) is 35.0 Å². The Labute approximate surface area is 349 Å². The molecule has 3 heteroatoms. The molecule has 2 aliphatic heterocycles. The number of anilines is 3. The van der Waals surface area contributed by atoms with E-state index in [4.69, 9.17) is 9.15 Å². The molecule has 0 radical (unpaired) electrons. The predicted octanol–water partition coefficient (Wildman–Crippen LogP) is 14.7. The van der Waals surface area contributed by atoms with Crippen LogP contribution >= 0.6 is 0 Å². The summed E-state index contributed by atoms with van der Waals surface area (Å²) >= 11 is 0. The number of fused-ring (bicyclic) bond motifs is 14. The Morgan fingerprint density at radius 3 is 1.92 bits per heavy atom. The minimum absolute atomic E-state index is 0.0301. The van der Waals surface area contributed by atoms with Crippen molar-refractivity contribution in [3.63, 3.8) is 0 Å². The topological polar surface area (TPSA) is 25.6 Å². The standard InChI is InChI=1S/C57H41NO2/c1-55(2)44-25-12-11-20-38(44)43-33-48-50(34-47(43)55)58(49-27-14-13-26-45(49)57(48)46-28-30-59-54(46)56(3)51(57)29-31-60-56)53-41-23-9-7-21-39(41)52(40-22-8-10-24-42(40)53)37-19-15-18-36(32-37)35-16-5-4-6-17-35/h4-34,51H,1-3H3. The molecule has 1 spiro atoms. The number of para-hydroxylation sites is 1. The summed E-state index contributed by atoms with van der Waals surface area (Å²) in [6.07, 6.45) is 6.06. The molecule has 0 saturated heterocycles. The van der Waals surface area contributed by atoms with Gasteiger partial charge in [-0.3, -0.25) is 0 Å². The highest BCUT2D eigenvalue weighted by Crippen LogP contribution is 2.70. The van der Waals surface area contributed by atoms with Crippen LogP contribution in [0.4, 0.5) is 17.1 Å². The predicted molar refractivity (Wildman–Crippen MR) is 244 cm³/mol. The second kappa shape index (κ2) is 11.8. The van der Waals surface area contributed by atoms with Gasteiger partial charge in [-0.05, 0) is 110 Å². The molecule has 4 aliphatic rings. The lowest BCUT2D eigenvalue weighted by Gasteiger charge is -2.47. The van der Waals surface area contributed by atoms with Crippen molar-refractivity contribution in [3.8, 4) is 33.4 Å². The van der Waals surface area contributed by atoms with Crippen molar-refractivity contribution in [1.82, 2.24) is 0 Å². The number of hydrogen-bond donors (Lipinski definition) is 0. The summed E-state index contributed by atoms with van der Waals surface area (Å²) in [6.45, 7) is 6.98. The first-order valence-corrected chi connectivity index (χ1v) is 21.1. The third-order valence-corrected chi connectivity index (χ3v) is 14.5.